The molecule has 0 saturated carbocycles. The van der Waals surface area contributed by atoms with Crippen LogP contribution in [-0.4, -0.2) is 17.1 Å². The van der Waals surface area contributed by atoms with E-state index in [9.17, 15) is 0 Å². The summed E-state index contributed by atoms with van der Waals surface area (Å²) in [7, 11) is 1.66. The van der Waals surface area contributed by atoms with E-state index >= 15 is 0 Å². The third-order valence-electron chi connectivity index (χ3n) is 3.71. The Morgan fingerprint density at radius 3 is 2.80 bits per heavy atom. The second kappa shape index (κ2) is 5.80. The summed E-state index contributed by atoms with van der Waals surface area (Å²) in [4.78, 5) is 9.20. The Bertz CT molecular complexity index is 628. The van der Waals surface area contributed by atoms with Crippen LogP contribution in [0.4, 0.5) is 0 Å². The summed E-state index contributed by atoms with van der Waals surface area (Å²) in [5, 5.41) is 0.606. The second-order valence-electron chi connectivity index (χ2n) is 5.06. The van der Waals surface area contributed by atoms with Gasteiger partial charge in [-0.05, 0) is 37.8 Å². The molecule has 0 bridgehead atoms. The van der Waals surface area contributed by atoms with Crippen LogP contribution in [0, 0.1) is 0 Å². The first-order valence-corrected chi connectivity index (χ1v) is 7.35. The van der Waals surface area contributed by atoms with E-state index in [4.69, 9.17) is 21.3 Å². The zero-order chi connectivity index (χ0) is 13.9. The standard InChI is InChI=1S/C16H17ClN2O/c1-20-12-7-5-6-11(10-12)16-18-14-9-4-2-3-8-13(14)15(17)19-16/h5-7,10H,2-4,8-9H2,1H3. The van der Waals surface area contributed by atoms with Crippen LogP contribution >= 0.6 is 11.6 Å². The molecule has 2 aromatic rings. The van der Waals surface area contributed by atoms with Crippen molar-refractivity contribution in [2.24, 2.45) is 0 Å². The number of halogens is 1. The molecule has 1 aliphatic rings. The molecule has 0 saturated heterocycles. The number of methoxy groups -OCH3 is 1. The number of hydrogen-bond donors (Lipinski definition) is 0. The van der Waals surface area contributed by atoms with Gasteiger partial charge in [-0.1, -0.05) is 30.2 Å². The molecule has 104 valence electrons. The highest BCUT2D eigenvalue weighted by atomic mass is 35.5. The van der Waals surface area contributed by atoms with Crippen LogP contribution in [0.3, 0.4) is 0 Å². The van der Waals surface area contributed by atoms with Crippen LogP contribution in [0.1, 0.15) is 30.5 Å². The number of ether oxygens (including phenoxy) is 1. The number of hydrogen-bond acceptors (Lipinski definition) is 3. The van der Waals surface area contributed by atoms with Crippen molar-refractivity contribution in [2.75, 3.05) is 7.11 Å². The lowest BCUT2D eigenvalue weighted by molar-refractivity contribution is 0.415. The number of nitrogens with zero attached hydrogens (tertiary/aromatic N) is 2. The number of aryl methyl sites for hydroxylation is 1. The van der Waals surface area contributed by atoms with Gasteiger partial charge in [-0.25, -0.2) is 9.97 Å². The lowest BCUT2D eigenvalue weighted by Gasteiger charge is -2.10. The molecule has 0 amide bonds. The van der Waals surface area contributed by atoms with E-state index in [2.05, 4.69) is 4.98 Å². The molecule has 1 heterocycles. The molecule has 1 aromatic heterocycles. The van der Waals surface area contributed by atoms with Crippen molar-refractivity contribution in [2.45, 2.75) is 32.1 Å². The van der Waals surface area contributed by atoms with Gasteiger partial charge in [0.15, 0.2) is 5.82 Å². The molecule has 0 unspecified atom stereocenters. The molecule has 0 fully saturated rings. The number of aromatic nitrogens is 2. The predicted molar refractivity (Wildman–Crippen MR) is 80.3 cm³/mol. The van der Waals surface area contributed by atoms with Gasteiger partial charge in [-0.2, -0.15) is 0 Å². The number of fused-ring (bicyclic) bond motifs is 1. The second-order valence-corrected chi connectivity index (χ2v) is 5.41. The average molecular weight is 289 g/mol. The smallest absolute Gasteiger partial charge is 0.161 e. The number of rotatable bonds is 2. The van der Waals surface area contributed by atoms with Crippen molar-refractivity contribution >= 4 is 11.6 Å². The lowest BCUT2D eigenvalue weighted by atomic mass is 10.1. The Kier molecular flexibility index (Phi) is 3.88. The molecular weight excluding hydrogens is 272 g/mol. The Morgan fingerprint density at radius 2 is 1.95 bits per heavy atom. The molecule has 0 spiro atoms. The van der Waals surface area contributed by atoms with E-state index in [0.29, 0.717) is 11.0 Å². The third kappa shape index (κ3) is 2.63. The van der Waals surface area contributed by atoms with Crippen molar-refractivity contribution in [1.82, 2.24) is 9.97 Å². The zero-order valence-corrected chi connectivity index (χ0v) is 12.3. The first-order chi connectivity index (χ1) is 9.78. The molecule has 0 N–H and O–H groups in total. The number of benzene rings is 1. The van der Waals surface area contributed by atoms with E-state index in [1.165, 1.54) is 19.3 Å². The summed E-state index contributed by atoms with van der Waals surface area (Å²) in [6.07, 6.45) is 5.58. The fraction of sp³-hybridized carbons (Fsp3) is 0.375. The molecule has 20 heavy (non-hydrogen) atoms. The van der Waals surface area contributed by atoms with E-state index in [1.807, 2.05) is 24.3 Å². The maximum atomic E-state index is 6.36. The normalized spacial score (nSPS) is 14.5. The van der Waals surface area contributed by atoms with Crippen LogP contribution in [-0.2, 0) is 12.8 Å². The van der Waals surface area contributed by atoms with Gasteiger partial charge in [0.2, 0.25) is 0 Å². The Morgan fingerprint density at radius 1 is 1.10 bits per heavy atom. The van der Waals surface area contributed by atoms with E-state index in [-0.39, 0.29) is 0 Å². The summed E-state index contributed by atoms with van der Waals surface area (Å²) in [6.45, 7) is 0. The summed E-state index contributed by atoms with van der Waals surface area (Å²) < 4.78 is 5.25. The van der Waals surface area contributed by atoms with Crippen LogP contribution in [0.2, 0.25) is 5.15 Å². The summed E-state index contributed by atoms with van der Waals surface area (Å²) in [5.41, 5.74) is 3.19. The van der Waals surface area contributed by atoms with E-state index in [1.54, 1.807) is 7.11 Å². The first kappa shape index (κ1) is 13.4. The van der Waals surface area contributed by atoms with Gasteiger partial charge in [0.1, 0.15) is 10.9 Å². The van der Waals surface area contributed by atoms with Crippen LogP contribution in [0.5, 0.6) is 5.75 Å². The van der Waals surface area contributed by atoms with Gasteiger partial charge in [0.25, 0.3) is 0 Å². The fourth-order valence-corrected chi connectivity index (χ4v) is 2.90. The van der Waals surface area contributed by atoms with Gasteiger partial charge in [0.05, 0.1) is 7.11 Å². The Balaban J connectivity index is 2.06. The highest BCUT2D eigenvalue weighted by molar-refractivity contribution is 6.30. The maximum absolute atomic E-state index is 6.36. The minimum absolute atomic E-state index is 0.606. The van der Waals surface area contributed by atoms with Crippen LogP contribution < -0.4 is 4.74 Å². The molecule has 0 aliphatic heterocycles. The maximum Gasteiger partial charge on any atom is 0.161 e. The van der Waals surface area contributed by atoms with Crippen molar-refractivity contribution < 1.29 is 4.74 Å². The summed E-state index contributed by atoms with van der Waals surface area (Å²) >= 11 is 6.36. The molecule has 1 aromatic carbocycles. The van der Waals surface area contributed by atoms with Crippen molar-refractivity contribution in [3.63, 3.8) is 0 Å². The van der Waals surface area contributed by atoms with Crippen molar-refractivity contribution in [3.05, 3.63) is 40.7 Å². The summed E-state index contributed by atoms with van der Waals surface area (Å²) in [5.74, 6) is 1.49. The van der Waals surface area contributed by atoms with Gasteiger partial charge in [-0.15, -0.1) is 0 Å². The molecule has 3 nitrogen and oxygen atoms in total. The van der Waals surface area contributed by atoms with E-state index < -0.39 is 0 Å². The van der Waals surface area contributed by atoms with Crippen LogP contribution in [0.15, 0.2) is 24.3 Å². The molecule has 4 heteroatoms. The average Bonchev–Trinajstić information content (AvgIpc) is 2.73. The third-order valence-corrected chi connectivity index (χ3v) is 4.02. The SMILES string of the molecule is COc1cccc(-c2nc(Cl)c3c(n2)CCCCC3)c1. The molecule has 1 aliphatic carbocycles. The molecule has 0 radical (unpaired) electrons. The van der Waals surface area contributed by atoms with Crippen molar-refractivity contribution in [3.8, 4) is 17.1 Å². The van der Waals surface area contributed by atoms with Crippen molar-refractivity contribution in [1.29, 1.82) is 0 Å². The summed E-state index contributed by atoms with van der Waals surface area (Å²) in [6, 6.07) is 7.78. The minimum Gasteiger partial charge on any atom is -0.497 e. The van der Waals surface area contributed by atoms with Gasteiger partial charge < -0.3 is 4.74 Å². The molecular formula is C16H17ClN2O. The molecule has 0 atom stereocenters. The molecule has 3 rings (SSSR count). The fourth-order valence-electron chi connectivity index (χ4n) is 2.62. The largest absolute Gasteiger partial charge is 0.497 e. The Labute approximate surface area is 124 Å². The Hall–Kier alpha value is -1.61. The predicted octanol–water partition coefficient (Wildman–Crippen LogP) is 4.07. The highest BCUT2D eigenvalue weighted by Gasteiger charge is 2.16. The lowest BCUT2D eigenvalue weighted by Crippen LogP contribution is -2.02. The minimum atomic E-state index is 0.606. The topological polar surface area (TPSA) is 35.0 Å². The van der Waals surface area contributed by atoms with Gasteiger partial charge in [0, 0.05) is 16.8 Å². The van der Waals surface area contributed by atoms with Gasteiger partial charge >= 0.3 is 0 Å². The highest BCUT2D eigenvalue weighted by Crippen LogP contribution is 2.28. The van der Waals surface area contributed by atoms with Gasteiger partial charge in [-0.3, -0.25) is 0 Å². The monoisotopic (exact) mass is 288 g/mol. The van der Waals surface area contributed by atoms with E-state index in [0.717, 1.165) is 35.4 Å². The van der Waals surface area contributed by atoms with Crippen LogP contribution in [0.25, 0.3) is 11.4 Å². The first-order valence-electron chi connectivity index (χ1n) is 6.97. The zero-order valence-electron chi connectivity index (χ0n) is 11.5. The quantitative estimate of drug-likeness (QED) is 0.617.